The number of nitrogens with zero attached hydrogens (tertiary/aromatic N) is 1. The Bertz CT molecular complexity index is 350. The second-order valence-corrected chi connectivity index (χ2v) is 11.2. The Hall–Kier alpha value is -0.643. The molecular weight excluding hydrogens is 248 g/mol. The van der Waals surface area contributed by atoms with Crippen molar-refractivity contribution in [2.24, 2.45) is 0 Å². The average molecular weight is 279 g/mol. The summed E-state index contributed by atoms with van der Waals surface area (Å²) in [5, 5.41) is 5.07. The molecule has 0 atom stereocenters. The number of benzene rings is 1. The van der Waals surface area contributed by atoms with Gasteiger partial charge in [0.25, 0.3) is 0 Å². The van der Waals surface area contributed by atoms with Crippen LogP contribution in [0.15, 0.2) is 24.3 Å². The fourth-order valence-electron chi connectivity index (χ4n) is 2.13. The molecule has 1 aromatic carbocycles. The van der Waals surface area contributed by atoms with Crippen molar-refractivity contribution in [2.75, 3.05) is 26.2 Å². The van der Waals surface area contributed by atoms with Crippen LogP contribution in [0.2, 0.25) is 19.6 Å². The van der Waals surface area contributed by atoms with Crippen LogP contribution in [-0.2, 0) is 6.54 Å². The summed E-state index contributed by atoms with van der Waals surface area (Å²) in [5.41, 5.74) is 1.39. The van der Waals surface area contributed by atoms with E-state index in [-0.39, 0.29) is 0 Å². The molecule has 0 radical (unpaired) electrons. The molecule has 0 saturated heterocycles. The minimum Gasteiger partial charge on any atom is -0.311 e. The van der Waals surface area contributed by atoms with Crippen LogP contribution in [0.5, 0.6) is 0 Å². The zero-order valence-electron chi connectivity index (χ0n) is 13.3. The third kappa shape index (κ3) is 5.89. The van der Waals surface area contributed by atoms with Crippen LogP contribution in [0.3, 0.4) is 0 Å². The molecule has 0 saturated carbocycles. The molecule has 1 rings (SSSR count). The largest absolute Gasteiger partial charge is 0.311 e. The van der Waals surface area contributed by atoms with Crippen LogP contribution in [0.25, 0.3) is 0 Å². The van der Waals surface area contributed by atoms with Crippen LogP contribution in [0.1, 0.15) is 19.4 Å². The summed E-state index contributed by atoms with van der Waals surface area (Å²) in [6.07, 6.45) is 0. The highest BCUT2D eigenvalue weighted by atomic mass is 28.3. The number of hydrogen-bond donors (Lipinski definition) is 1. The third-order valence-corrected chi connectivity index (χ3v) is 5.71. The second kappa shape index (κ2) is 7.83. The lowest BCUT2D eigenvalue weighted by atomic mass is 10.2. The molecule has 0 aromatic heterocycles. The molecule has 0 aliphatic heterocycles. The fourth-order valence-corrected chi connectivity index (χ4v) is 3.30. The van der Waals surface area contributed by atoms with E-state index in [4.69, 9.17) is 0 Å². The van der Waals surface area contributed by atoms with E-state index in [9.17, 15) is 0 Å². The van der Waals surface area contributed by atoms with E-state index in [2.05, 4.69) is 68.0 Å². The quantitative estimate of drug-likeness (QED) is 0.581. The van der Waals surface area contributed by atoms with Crippen LogP contribution in [0, 0.1) is 0 Å². The number of likely N-dealkylation sites (N-methyl/N-ethyl adjacent to an activating group) is 1. The highest BCUT2D eigenvalue weighted by Crippen LogP contribution is 2.04. The third-order valence-electron chi connectivity index (χ3n) is 3.65. The lowest BCUT2D eigenvalue weighted by molar-refractivity contribution is 0.302. The molecule has 1 aromatic rings. The van der Waals surface area contributed by atoms with Gasteiger partial charge in [-0.25, -0.2) is 0 Å². The Morgan fingerprint density at radius 1 is 1.00 bits per heavy atom. The zero-order chi connectivity index (χ0) is 14.3. The van der Waals surface area contributed by atoms with Crippen molar-refractivity contribution in [2.45, 2.75) is 40.0 Å². The normalized spacial score (nSPS) is 12.1. The van der Waals surface area contributed by atoms with Crippen molar-refractivity contribution in [3.05, 3.63) is 29.8 Å². The lowest BCUT2D eigenvalue weighted by Gasteiger charge is -2.18. The first-order valence-corrected chi connectivity index (χ1v) is 11.0. The van der Waals surface area contributed by atoms with Crippen molar-refractivity contribution in [1.29, 1.82) is 0 Å². The second-order valence-electron chi connectivity index (χ2n) is 6.15. The molecule has 19 heavy (non-hydrogen) atoms. The molecule has 0 amide bonds. The highest BCUT2D eigenvalue weighted by Gasteiger charge is 2.15. The summed E-state index contributed by atoms with van der Waals surface area (Å²) in [6, 6.07) is 9.18. The van der Waals surface area contributed by atoms with Gasteiger partial charge in [0, 0.05) is 19.6 Å². The number of hydrogen-bond acceptors (Lipinski definition) is 2. The van der Waals surface area contributed by atoms with Gasteiger partial charge in [0.15, 0.2) is 0 Å². The van der Waals surface area contributed by atoms with Crippen molar-refractivity contribution in [1.82, 2.24) is 10.2 Å². The molecule has 3 heteroatoms. The van der Waals surface area contributed by atoms with Gasteiger partial charge in [-0.3, -0.25) is 0 Å². The zero-order valence-corrected chi connectivity index (χ0v) is 14.3. The van der Waals surface area contributed by atoms with Crippen LogP contribution in [0.4, 0.5) is 0 Å². The smallest absolute Gasteiger partial charge is 0.0775 e. The van der Waals surface area contributed by atoms with E-state index < -0.39 is 8.07 Å². The molecule has 0 unspecified atom stereocenters. The van der Waals surface area contributed by atoms with Gasteiger partial charge in [-0.05, 0) is 18.7 Å². The van der Waals surface area contributed by atoms with Crippen molar-refractivity contribution in [3.63, 3.8) is 0 Å². The predicted molar refractivity (Wildman–Crippen MR) is 88.9 cm³/mol. The van der Waals surface area contributed by atoms with Crippen molar-refractivity contribution in [3.8, 4) is 0 Å². The standard InChI is InChI=1S/C16H30N2Si/c1-6-18(7-2)13-12-17-14-15-8-10-16(11-9-15)19(3,4)5/h8-11,17H,6-7,12-14H2,1-5H3. The van der Waals surface area contributed by atoms with Gasteiger partial charge in [-0.15, -0.1) is 0 Å². The average Bonchev–Trinajstić information content (AvgIpc) is 2.38. The van der Waals surface area contributed by atoms with E-state index in [0.29, 0.717) is 0 Å². The monoisotopic (exact) mass is 278 g/mol. The van der Waals surface area contributed by atoms with Gasteiger partial charge < -0.3 is 10.2 Å². The molecular formula is C16H30N2Si. The maximum atomic E-state index is 3.53. The molecule has 0 heterocycles. The van der Waals surface area contributed by atoms with E-state index in [1.165, 1.54) is 5.56 Å². The van der Waals surface area contributed by atoms with Gasteiger partial charge in [-0.1, -0.05) is 62.9 Å². The summed E-state index contributed by atoms with van der Waals surface area (Å²) in [6.45, 7) is 17.1. The molecule has 0 bridgehead atoms. The minimum atomic E-state index is -1.15. The number of nitrogens with one attached hydrogen (secondary N) is 1. The maximum absolute atomic E-state index is 3.53. The molecule has 108 valence electrons. The summed E-state index contributed by atoms with van der Waals surface area (Å²) in [4.78, 5) is 2.45. The van der Waals surface area contributed by atoms with Crippen LogP contribution >= 0.6 is 0 Å². The van der Waals surface area contributed by atoms with Gasteiger partial charge in [0.1, 0.15) is 0 Å². The van der Waals surface area contributed by atoms with Gasteiger partial charge >= 0.3 is 0 Å². The van der Waals surface area contributed by atoms with Crippen LogP contribution in [-0.4, -0.2) is 39.2 Å². The molecule has 2 nitrogen and oxygen atoms in total. The number of rotatable bonds is 8. The van der Waals surface area contributed by atoms with Crippen molar-refractivity contribution < 1.29 is 0 Å². The van der Waals surface area contributed by atoms with Crippen molar-refractivity contribution >= 4 is 13.3 Å². The minimum absolute atomic E-state index is 0.979. The van der Waals surface area contributed by atoms with Gasteiger partial charge in [0.2, 0.25) is 0 Å². The SMILES string of the molecule is CCN(CC)CCNCc1ccc([Si](C)(C)C)cc1. The molecule has 0 spiro atoms. The first-order valence-electron chi connectivity index (χ1n) is 7.49. The van der Waals surface area contributed by atoms with Gasteiger partial charge in [0.05, 0.1) is 8.07 Å². The predicted octanol–water partition coefficient (Wildman–Crippen LogP) is 2.66. The lowest BCUT2D eigenvalue weighted by Crippen LogP contribution is -2.37. The molecule has 0 aliphatic rings. The Morgan fingerprint density at radius 2 is 1.58 bits per heavy atom. The molecule has 1 N–H and O–H groups in total. The summed E-state index contributed by atoms with van der Waals surface area (Å²) in [5.74, 6) is 0. The summed E-state index contributed by atoms with van der Waals surface area (Å²) in [7, 11) is -1.15. The Kier molecular flexibility index (Phi) is 6.76. The first kappa shape index (κ1) is 16.4. The highest BCUT2D eigenvalue weighted by molar-refractivity contribution is 6.88. The maximum Gasteiger partial charge on any atom is 0.0775 e. The first-order chi connectivity index (χ1) is 8.97. The van der Waals surface area contributed by atoms with Gasteiger partial charge in [-0.2, -0.15) is 0 Å². The molecule has 0 aliphatic carbocycles. The summed E-state index contributed by atoms with van der Waals surface area (Å²) >= 11 is 0. The van der Waals surface area contributed by atoms with Crippen LogP contribution < -0.4 is 10.5 Å². The van der Waals surface area contributed by atoms with E-state index >= 15 is 0 Å². The molecule has 0 fully saturated rings. The summed E-state index contributed by atoms with van der Waals surface area (Å²) < 4.78 is 0. The Labute approximate surface area is 120 Å². The van der Waals surface area contributed by atoms with E-state index in [1.807, 2.05) is 0 Å². The topological polar surface area (TPSA) is 15.3 Å². The van der Waals surface area contributed by atoms with E-state index in [0.717, 1.165) is 32.7 Å². The Balaban J connectivity index is 2.34. The Morgan fingerprint density at radius 3 is 2.05 bits per heavy atom. The van der Waals surface area contributed by atoms with E-state index in [1.54, 1.807) is 5.19 Å². The fraction of sp³-hybridized carbons (Fsp3) is 0.625.